The molecule has 0 bridgehead atoms. The Kier molecular flexibility index (Phi) is 4.43. The minimum Gasteiger partial charge on any atom is -0.369 e. The van der Waals surface area contributed by atoms with Gasteiger partial charge in [-0.1, -0.05) is 13.3 Å². The van der Waals surface area contributed by atoms with E-state index in [9.17, 15) is 0 Å². The molecule has 1 fully saturated rings. The summed E-state index contributed by atoms with van der Waals surface area (Å²) in [4.78, 5) is 8.52. The Bertz CT molecular complexity index is 404. The second kappa shape index (κ2) is 5.87. The van der Waals surface area contributed by atoms with E-state index in [-0.39, 0.29) is 0 Å². The highest BCUT2D eigenvalue weighted by Crippen LogP contribution is 2.49. The predicted octanol–water partition coefficient (Wildman–Crippen LogP) is 3.66. The maximum atomic E-state index is 4.30. The number of aromatic nitrogens is 2. The summed E-state index contributed by atoms with van der Waals surface area (Å²) in [5.74, 6) is 1.75. The highest BCUT2D eigenvalue weighted by atomic mass is 79.9. The van der Waals surface area contributed by atoms with E-state index in [4.69, 9.17) is 0 Å². The van der Waals surface area contributed by atoms with Crippen molar-refractivity contribution in [2.45, 2.75) is 39.5 Å². The maximum Gasteiger partial charge on any atom is 0.145 e. The number of nitrogens with zero attached hydrogens (tertiary/aromatic N) is 2. The van der Waals surface area contributed by atoms with E-state index in [1.165, 1.54) is 25.7 Å². The highest BCUT2D eigenvalue weighted by molar-refractivity contribution is 9.10. The molecule has 1 saturated carbocycles. The van der Waals surface area contributed by atoms with E-state index in [0.717, 1.165) is 29.2 Å². The van der Waals surface area contributed by atoms with Crippen molar-refractivity contribution in [1.82, 2.24) is 9.97 Å². The summed E-state index contributed by atoms with van der Waals surface area (Å²) in [6, 6.07) is 0. The van der Waals surface area contributed by atoms with Gasteiger partial charge in [-0.25, -0.2) is 9.97 Å². The molecular weight excluding hydrogens is 292 g/mol. The van der Waals surface area contributed by atoms with Gasteiger partial charge in [-0.3, -0.25) is 0 Å². The standard InChI is InChI=1S/C13H21BrN4/c1-3-5-13(6-7-13)8-16-12-10(14)11(15-4-2)17-9-18-12/h9H,3-8H2,1-2H3,(H2,15,16,17,18). The molecule has 5 heteroatoms. The average Bonchev–Trinajstić information content (AvgIpc) is 3.11. The van der Waals surface area contributed by atoms with Crippen molar-refractivity contribution in [3.63, 3.8) is 0 Å². The molecule has 1 aliphatic carbocycles. The van der Waals surface area contributed by atoms with Gasteiger partial charge in [0.25, 0.3) is 0 Å². The molecular formula is C13H21BrN4. The lowest BCUT2D eigenvalue weighted by molar-refractivity contribution is 0.485. The molecule has 1 aromatic rings. The van der Waals surface area contributed by atoms with Crippen LogP contribution in [0.2, 0.25) is 0 Å². The zero-order valence-electron chi connectivity index (χ0n) is 11.1. The number of rotatable bonds is 7. The summed E-state index contributed by atoms with van der Waals surface area (Å²) in [5, 5.41) is 6.68. The average molecular weight is 313 g/mol. The molecule has 0 aliphatic heterocycles. The first-order valence-corrected chi connectivity index (χ1v) is 7.48. The van der Waals surface area contributed by atoms with Gasteiger partial charge >= 0.3 is 0 Å². The van der Waals surface area contributed by atoms with Crippen molar-refractivity contribution in [1.29, 1.82) is 0 Å². The first-order chi connectivity index (χ1) is 8.71. The van der Waals surface area contributed by atoms with Crippen molar-refractivity contribution in [2.75, 3.05) is 23.7 Å². The van der Waals surface area contributed by atoms with E-state index < -0.39 is 0 Å². The second-order valence-electron chi connectivity index (χ2n) is 5.02. The van der Waals surface area contributed by atoms with Crippen LogP contribution in [0, 0.1) is 5.41 Å². The van der Waals surface area contributed by atoms with E-state index in [2.05, 4.69) is 50.4 Å². The molecule has 1 heterocycles. The molecule has 0 amide bonds. The lowest BCUT2D eigenvalue weighted by Gasteiger charge is -2.16. The van der Waals surface area contributed by atoms with Crippen LogP contribution in [0.15, 0.2) is 10.8 Å². The fourth-order valence-electron chi connectivity index (χ4n) is 2.28. The monoisotopic (exact) mass is 312 g/mol. The predicted molar refractivity (Wildman–Crippen MR) is 79.0 cm³/mol. The fourth-order valence-corrected chi connectivity index (χ4v) is 2.76. The summed E-state index contributed by atoms with van der Waals surface area (Å²) in [5.41, 5.74) is 0.525. The SMILES string of the molecule is CCCC1(CNc2ncnc(NCC)c2Br)CC1. The van der Waals surface area contributed by atoms with Crippen LogP contribution in [0.1, 0.15) is 39.5 Å². The van der Waals surface area contributed by atoms with Gasteiger partial charge in [-0.2, -0.15) is 0 Å². The molecule has 2 N–H and O–H groups in total. The van der Waals surface area contributed by atoms with Gasteiger partial charge in [-0.05, 0) is 47.5 Å². The lowest BCUT2D eigenvalue weighted by Crippen LogP contribution is -2.16. The van der Waals surface area contributed by atoms with Gasteiger partial charge in [0.2, 0.25) is 0 Å². The van der Waals surface area contributed by atoms with E-state index >= 15 is 0 Å². The van der Waals surface area contributed by atoms with E-state index in [1.807, 2.05) is 0 Å². The summed E-state index contributed by atoms with van der Waals surface area (Å²) in [6.07, 6.45) is 6.86. The first-order valence-electron chi connectivity index (χ1n) is 6.69. The third-order valence-electron chi connectivity index (χ3n) is 3.50. The summed E-state index contributed by atoms with van der Waals surface area (Å²) >= 11 is 3.56. The van der Waals surface area contributed by atoms with E-state index in [1.54, 1.807) is 6.33 Å². The molecule has 4 nitrogen and oxygen atoms in total. The largest absolute Gasteiger partial charge is 0.369 e. The van der Waals surface area contributed by atoms with Crippen LogP contribution in [0.3, 0.4) is 0 Å². The highest BCUT2D eigenvalue weighted by Gasteiger charge is 2.41. The molecule has 100 valence electrons. The van der Waals surface area contributed by atoms with Crippen LogP contribution in [-0.2, 0) is 0 Å². The molecule has 18 heavy (non-hydrogen) atoms. The zero-order valence-corrected chi connectivity index (χ0v) is 12.7. The van der Waals surface area contributed by atoms with Gasteiger partial charge in [0.1, 0.15) is 22.4 Å². The summed E-state index contributed by atoms with van der Waals surface area (Å²) < 4.78 is 0.930. The zero-order chi connectivity index (χ0) is 13.0. The molecule has 0 unspecified atom stereocenters. The smallest absolute Gasteiger partial charge is 0.145 e. The van der Waals surface area contributed by atoms with Crippen molar-refractivity contribution < 1.29 is 0 Å². The molecule has 0 aromatic carbocycles. The molecule has 1 aliphatic rings. The number of hydrogen-bond acceptors (Lipinski definition) is 4. The Labute approximate surface area is 117 Å². The number of hydrogen-bond donors (Lipinski definition) is 2. The number of halogens is 1. The first kappa shape index (κ1) is 13.6. The van der Waals surface area contributed by atoms with Crippen molar-refractivity contribution in [3.8, 4) is 0 Å². The third-order valence-corrected chi connectivity index (χ3v) is 4.25. The number of anilines is 2. The van der Waals surface area contributed by atoms with Gasteiger partial charge in [0.15, 0.2) is 0 Å². The van der Waals surface area contributed by atoms with Crippen LogP contribution in [0.5, 0.6) is 0 Å². The van der Waals surface area contributed by atoms with Crippen LogP contribution in [-0.4, -0.2) is 23.1 Å². The summed E-state index contributed by atoms with van der Waals surface area (Å²) in [6.45, 7) is 6.18. The van der Waals surface area contributed by atoms with Gasteiger partial charge < -0.3 is 10.6 Å². The van der Waals surface area contributed by atoms with Crippen molar-refractivity contribution in [2.24, 2.45) is 5.41 Å². The van der Waals surface area contributed by atoms with E-state index in [0.29, 0.717) is 5.41 Å². The quantitative estimate of drug-likeness (QED) is 0.806. The molecule has 0 saturated heterocycles. The molecule has 2 rings (SSSR count). The van der Waals surface area contributed by atoms with Gasteiger partial charge in [0.05, 0.1) is 0 Å². The Morgan fingerprint density at radius 2 is 1.89 bits per heavy atom. The molecule has 0 spiro atoms. The number of nitrogens with one attached hydrogen (secondary N) is 2. The van der Waals surface area contributed by atoms with Crippen LogP contribution in [0.25, 0.3) is 0 Å². The Hall–Kier alpha value is -0.840. The Morgan fingerprint density at radius 3 is 2.44 bits per heavy atom. The maximum absolute atomic E-state index is 4.30. The lowest BCUT2D eigenvalue weighted by atomic mass is 10.0. The molecule has 0 atom stereocenters. The van der Waals surface area contributed by atoms with Crippen molar-refractivity contribution in [3.05, 3.63) is 10.8 Å². The molecule has 1 aromatic heterocycles. The second-order valence-corrected chi connectivity index (χ2v) is 5.81. The third kappa shape index (κ3) is 3.13. The Morgan fingerprint density at radius 1 is 1.22 bits per heavy atom. The van der Waals surface area contributed by atoms with Crippen molar-refractivity contribution >= 4 is 27.6 Å². The van der Waals surface area contributed by atoms with Crippen LogP contribution in [0.4, 0.5) is 11.6 Å². The van der Waals surface area contributed by atoms with Gasteiger partial charge in [0, 0.05) is 13.1 Å². The van der Waals surface area contributed by atoms with Crippen LogP contribution < -0.4 is 10.6 Å². The fraction of sp³-hybridized carbons (Fsp3) is 0.692. The minimum absolute atomic E-state index is 0.525. The topological polar surface area (TPSA) is 49.8 Å². The Balaban J connectivity index is 1.99. The van der Waals surface area contributed by atoms with Crippen LogP contribution >= 0.6 is 15.9 Å². The normalized spacial score (nSPS) is 16.4. The minimum atomic E-state index is 0.525. The van der Waals surface area contributed by atoms with Gasteiger partial charge in [-0.15, -0.1) is 0 Å². The summed E-state index contributed by atoms with van der Waals surface area (Å²) in [7, 11) is 0. The molecule has 0 radical (unpaired) electrons.